The van der Waals surface area contributed by atoms with Crippen LogP contribution in [0.4, 0.5) is 0 Å². The van der Waals surface area contributed by atoms with Gasteiger partial charge in [0.05, 0.1) is 6.61 Å². The fourth-order valence-electron chi connectivity index (χ4n) is 3.54. The number of hydrogen-bond donors (Lipinski definition) is 2. The lowest BCUT2D eigenvalue weighted by molar-refractivity contribution is -0.131. The van der Waals surface area contributed by atoms with Gasteiger partial charge < -0.3 is 9.30 Å². The molecule has 28 heavy (non-hydrogen) atoms. The van der Waals surface area contributed by atoms with E-state index >= 15 is 0 Å². The average Bonchev–Trinajstić information content (AvgIpc) is 3.16. The van der Waals surface area contributed by atoms with E-state index < -0.39 is 20.5 Å². The zero-order valence-electron chi connectivity index (χ0n) is 16.5. The van der Waals surface area contributed by atoms with Crippen molar-refractivity contribution >= 4 is 15.7 Å². The summed E-state index contributed by atoms with van der Waals surface area (Å²) in [4.78, 5) is 24.1. The van der Waals surface area contributed by atoms with E-state index in [1.54, 1.807) is 6.07 Å². The maximum Gasteiger partial charge on any atom is 0.264 e. The largest absolute Gasteiger partial charge is 0.493 e. The molecule has 1 amide bonds. The van der Waals surface area contributed by atoms with Crippen molar-refractivity contribution < 1.29 is 23.2 Å². The maximum absolute atomic E-state index is 12.3. The van der Waals surface area contributed by atoms with Crippen molar-refractivity contribution in [3.05, 3.63) is 28.7 Å². The van der Waals surface area contributed by atoms with Crippen molar-refractivity contribution in [3.8, 4) is 5.75 Å². The van der Waals surface area contributed by atoms with Crippen LogP contribution in [0.25, 0.3) is 0 Å². The van der Waals surface area contributed by atoms with Gasteiger partial charge in [-0.05, 0) is 38.2 Å². The molecule has 1 fully saturated rings. The van der Waals surface area contributed by atoms with Gasteiger partial charge in [-0.2, -0.15) is 0 Å². The molecule has 0 spiro atoms. The molecule has 1 unspecified atom stereocenters. The Morgan fingerprint density at radius 2 is 2.07 bits per heavy atom. The third-order valence-electron chi connectivity index (χ3n) is 5.70. The molecule has 9 heteroatoms. The predicted octanol–water partition coefficient (Wildman–Crippen LogP) is 1.90. The van der Waals surface area contributed by atoms with Crippen molar-refractivity contribution in [1.29, 1.82) is 0 Å². The molecule has 1 aromatic rings. The minimum absolute atomic E-state index is 0.0117. The molecule has 1 heterocycles. The van der Waals surface area contributed by atoms with Gasteiger partial charge in [0, 0.05) is 25.1 Å². The molecule has 0 radical (unpaired) electrons. The summed E-state index contributed by atoms with van der Waals surface area (Å²) >= 11 is 0. The highest BCUT2D eigenvalue weighted by molar-refractivity contribution is 7.92. The van der Waals surface area contributed by atoms with Crippen LogP contribution >= 0.6 is 0 Å². The number of pyridine rings is 1. The first kappa shape index (κ1) is 22.4. The highest BCUT2D eigenvalue weighted by Gasteiger charge is 2.43. The molecule has 2 rings (SSSR count). The number of aryl methyl sites for hydroxylation is 1. The van der Waals surface area contributed by atoms with E-state index in [9.17, 15) is 18.0 Å². The Labute approximate surface area is 165 Å². The van der Waals surface area contributed by atoms with Crippen LogP contribution in [0.5, 0.6) is 5.75 Å². The number of carbonyl (C=O) groups excluding carboxylic acids is 1. The minimum Gasteiger partial charge on any atom is -0.493 e. The lowest BCUT2D eigenvalue weighted by atomic mass is 10.0. The molecule has 1 aliphatic rings. The Balaban J connectivity index is 1.92. The number of amides is 1. The number of nitrogens with one attached hydrogen (secondary N) is 1. The molecule has 1 atom stereocenters. The number of sulfone groups is 1. The van der Waals surface area contributed by atoms with Gasteiger partial charge in [0.15, 0.2) is 14.6 Å². The lowest BCUT2D eigenvalue weighted by Crippen LogP contribution is -2.49. The van der Waals surface area contributed by atoms with E-state index in [0.29, 0.717) is 12.4 Å². The Hall–Kier alpha value is -1.87. The van der Waals surface area contributed by atoms with Gasteiger partial charge in [0.25, 0.3) is 11.5 Å². The van der Waals surface area contributed by atoms with Crippen LogP contribution in [-0.2, 0) is 21.2 Å². The summed E-state index contributed by atoms with van der Waals surface area (Å²) in [5.74, 6) is 0.258. The molecule has 0 aliphatic heterocycles. The van der Waals surface area contributed by atoms with E-state index in [0.717, 1.165) is 25.0 Å². The van der Waals surface area contributed by atoms with Crippen LogP contribution < -0.4 is 15.8 Å². The summed E-state index contributed by atoms with van der Waals surface area (Å²) in [6, 6.07) is 3.01. The number of ether oxygens (including phenoxy) is 1. The third-order valence-corrected chi connectivity index (χ3v) is 7.72. The van der Waals surface area contributed by atoms with E-state index in [1.807, 2.05) is 0 Å². The number of rotatable bonds is 10. The van der Waals surface area contributed by atoms with Crippen molar-refractivity contribution in [1.82, 2.24) is 10.0 Å². The van der Waals surface area contributed by atoms with Gasteiger partial charge in [-0.25, -0.2) is 13.9 Å². The van der Waals surface area contributed by atoms with Crippen molar-refractivity contribution in [3.63, 3.8) is 0 Å². The van der Waals surface area contributed by atoms with Crippen molar-refractivity contribution in [2.24, 2.45) is 5.92 Å². The first-order chi connectivity index (χ1) is 13.2. The molecule has 0 bridgehead atoms. The summed E-state index contributed by atoms with van der Waals surface area (Å²) in [5, 5.41) is 8.84. The molecule has 0 aromatic carbocycles. The summed E-state index contributed by atoms with van der Waals surface area (Å²) in [5.41, 5.74) is 1.06. The van der Waals surface area contributed by atoms with E-state index in [-0.39, 0.29) is 18.5 Å². The lowest BCUT2D eigenvalue weighted by Gasteiger charge is -2.25. The highest BCUT2D eigenvalue weighted by atomic mass is 32.2. The Kier molecular flexibility index (Phi) is 7.65. The number of nitrogens with zero attached hydrogens (tertiary/aromatic N) is 1. The van der Waals surface area contributed by atoms with E-state index in [4.69, 9.17) is 9.94 Å². The second-order valence-corrected chi connectivity index (χ2v) is 10.2. The third kappa shape index (κ3) is 5.57. The fourth-order valence-corrected chi connectivity index (χ4v) is 4.39. The van der Waals surface area contributed by atoms with Gasteiger partial charge >= 0.3 is 0 Å². The molecular formula is C19H30N2O6S. The number of hydrogen-bond acceptors (Lipinski definition) is 6. The standard InChI is InChI=1S/C19H30N2O6S/c1-19(18(23)20-24,28(2,25)26)10-12-21-11-9-16(14-17(21)22)27-13-5-8-15-6-3-4-7-15/h9,11,14-15,24H,3-8,10,12-13H2,1-2H3,(H,20,23). The minimum atomic E-state index is -3.80. The van der Waals surface area contributed by atoms with Crippen molar-refractivity contribution in [2.45, 2.75) is 63.2 Å². The van der Waals surface area contributed by atoms with Gasteiger partial charge in [0.2, 0.25) is 0 Å². The Bertz CT molecular complexity index is 829. The molecule has 1 saturated carbocycles. The van der Waals surface area contributed by atoms with E-state index in [2.05, 4.69) is 0 Å². The topological polar surface area (TPSA) is 115 Å². The predicted molar refractivity (Wildman–Crippen MR) is 105 cm³/mol. The van der Waals surface area contributed by atoms with Crippen LogP contribution in [0.1, 0.15) is 51.9 Å². The second-order valence-electron chi connectivity index (χ2n) is 7.73. The Morgan fingerprint density at radius 1 is 1.39 bits per heavy atom. The molecule has 1 aromatic heterocycles. The van der Waals surface area contributed by atoms with Crippen molar-refractivity contribution in [2.75, 3.05) is 12.9 Å². The number of hydroxylamine groups is 1. The number of aromatic nitrogens is 1. The summed E-state index contributed by atoms with van der Waals surface area (Å²) < 4.78 is 29.1. The van der Waals surface area contributed by atoms with Gasteiger partial charge in [0.1, 0.15) is 5.75 Å². The molecule has 0 saturated heterocycles. The maximum atomic E-state index is 12.3. The SMILES string of the molecule is CC(CCn1ccc(OCCCC2CCCC2)cc1=O)(C(=O)NO)S(C)(=O)=O. The summed E-state index contributed by atoms with van der Waals surface area (Å²) in [7, 11) is -3.80. The van der Waals surface area contributed by atoms with Crippen LogP contribution in [0, 0.1) is 5.92 Å². The average molecular weight is 415 g/mol. The molecule has 1 aliphatic carbocycles. The summed E-state index contributed by atoms with van der Waals surface area (Å²) in [6.07, 6.45) is 9.64. The van der Waals surface area contributed by atoms with Gasteiger partial charge in [-0.1, -0.05) is 25.7 Å². The van der Waals surface area contributed by atoms with Crippen LogP contribution in [0.2, 0.25) is 0 Å². The zero-order valence-corrected chi connectivity index (χ0v) is 17.3. The van der Waals surface area contributed by atoms with Gasteiger partial charge in [-0.3, -0.25) is 14.8 Å². The molecular weight excluding hydrogens is 384 g/mol. The van der Waals surface area contributed by atoms with E-state index in [1.165, 1.54) is 54.9 Å². The molecule has 2 N–H and O–H groups in total. The number of carbonyl (C=O) groups is 1. The Morgan fingerprint density at radius 3 is 2.64 bits per heavy atom. The van der Waals surface area contributed by atoms with Crippen LogP contribution in [-0.4, -0.2) is 41.7 Å². The highest BCUT2D eigenvalue weighted by Crippen LogP contribution is 2.28. The first-order valence-electron chi connectivity index (χ1n) is 9.65. The first-order valence-corrected chi connectivity index (χ1v) is 11.5. The summed E-state index contributed by atoms with van der Waals surface area (Å²) in [6.45, 7) is 1.79. The fraction of sp³-hybridized carbons (Fsp3) is 0.684. The van der Waals surface area contributed by atoms with Crippen LogP contribution in [0.3, 0.4) is 0 Å². The molecule has 8 nitrogen and oxygen atoms in total. The van der Waals surface area contributed by atoms with Crippen LogP contribution in [0.15, 0.2) is 23.1 Å². The zero-order chi connectivity index (χ0) is 20.8. The monoisotopic (exact) mass is 414 g/mol. The van der Waals surface area contributed by atoms with Gasteiger partial charge in [-0.15, -0.1) is 0 Å². The molecule has 158 valence electrons. The second kappa shape index (κ2) is 9.56. The normalized spacial score (nSPS) is 17.2. The smallest absolute Gasteiger partial charge is 0.264 e. The quantitative estimate of drug-likeness (QED) is 0.343.